The van der Waals surface area contributed by atoms with Crippen LogP contribution in [0.25, 0.3) is 0 Å². The van der Waals surface area contributed by atoms with Gasteiger partial charge in [0.15, 0.2) is 6.61 Å². The normalized spacial score (nSPS) is 11.0. The van der Waals surface area contributed by atoms with E-state index in [1.165, 1.54) is 23.1 Å². The standard InChI is InChI=1S/C26H28N2O6S/c1-18-8-7-10-21(14-18)27-35(31,32)22-13-12-19(2)23(15-22)26(30)34-17-25(29)28(3)16-20-9-5-6-11-24(20)33-4/h5-15,27H,16-17H2,1-4H3. The van der Waals surface area contributed by atoms with Gasteiger partial charge in [-0.3, -0.25) is 9.52 Å². The predicted molar refractivity (Wildman–Crippen MR) is 133 cm³/mol. The van der Waals surface area contributed by atoms with E-state index >= 15 is 0 Å². The van der Waals surface area contributed by atoms with Crippen molar-refractivity contribution in [2.45, 2.75) is 25.3 Å². The Balaban J connectivity index is 1.68. The lowest BCUT2D eigenvalue weighted by Gasteiger charge is -2.19. The van der Waals surface area contributed by atoms with Crippen molar-refractivity contribution in [3.05, 3.63) is 89.0 Å². The Bertz CT molecular complexity index is 1340. The average Bonchev–Trinajstić information content (AvgIpc) is 2.82. The van der Waals surface area contributed by atoms with Crippen LogP contribution in [0.15, 0.2) is 71.6 Å². The van der Waals surface area contributed by atoms with Gasteiger partial charge < -0.3 is 14.4 Å². The van der Waals surface area contributed by atoms with Crippen LogP contribution in [0.1, 0.15) is 27.0 Å². The molecule has 184 valence electrons. The van der Waals surface area contributed by atoms with Crippen molar-refractivity contribution in [2.75, 3.05) is 25.5 Å². The Morgan fingerprint density at radius 2 is 1.71 bits per heavy atom. The number of hydrogen-bond donors (Lipinski definition) is 1. The van der Waals surface area contributed by atoms with Gasteiger partial charge >= 0.3 is 5.97 Å². The summed E-state index contributed by atoms with van der Waals surface area (Å²) in [6.45, 7) is 3.31. The number of nitrogens with zero attached hydrogens (tertiary/aromatic N) is 1. The SMILES string of the molecule is COc1ccccc1CN(C)C(=O)COC(=O)c1cc(S(=O)(=O)Nc2cccc(C)c2)ccc1C. The lowest BCUT2D eigenvalue weighted by atomic mass is 10.1. The number of anilines is 1. The van der Waals surface area contributed by atoms with Crippen LogP contribution in [0.4, 0.5) is 5.69 Å². The third-order valence-corrected chi connectivity index (χ3v) is 6.74. The lowest BCUT2D eigenvalue weighted by molar-refractivity contribution is -0.133. The molecule has 0 aliphatic carbocycles. The zero-order chi connectivity index (χ0) is 25.6. The van der Waals surface area contributed by atoms with Crippen LogP contribution >= 0.6 is 0 Å². The second kappa shape index (κ2) is 11.1. The van der Waals surface area contributed by atoms with Crippen molar-refractivity contribution >= 4 is 27.6 Å². The lowest BCUT2D eigenvalue weighted by Crippen LogP contribution is -2.31. The van der Waals surface area contributed by atoms with Crippen molar-refractivity contribution in [1.29, 1.82) is 0 Å². The van der Waals surface area contributed by atoms with E-state index in [0.29, 0.717) is 17.0 Å². The molecule has 3 rings (SSSR count). The van der Waals surface area contributed by atoms with Crippen molar-refractivity contribution in [1.82, 2.24) is 4.90 Å². The Morgan fingerprint density at radius 3 is 2.43 bits per heavy atom. The Kier molecular flexibility index (Phi) is 8.14. The minimum atomic E-state index is -3.93. The van der Waals surface area contributed by atoms with E-state index in [0.717, 1.165) is 11.1 Å². The van der Waals surface area contributed by atoms with Gasteiger partial charge in [0.1, 0.15) is 5.75 Å². The number of aryl methyl sites for hydroxylation is 2. The maximum Gasteiger partial charge on any atom is 0.338 e. The topological polar surface area (TPSA) is 102 Å². The van der Waals surface area contributed by atoms with E-state index < -0.39 is 28.5 Å². The minimum Gasteiger partial charge on any atom is -0.496 e. The molecule has 3 aromatic rings. The van der Waals surface area contributed by atoms with E-state index in [-0.39, 0.29) is 17.0 Å². The monoisotopic (exact) mass is 496 g/mol. The quantitative estimate of drug-likeness (QED) is 0.451. The number of sulfonamides is 1. The van der Waals surface area contributed by atoms with E-state index in [9.17, 15) is 18.0 Å². The van der Waals surface area contributed by atoms with Crippen molar-refractivity contribution < 1.29 is 27.5 Å². The van der Waals surface area contributed by atoms with E-state index in [1.54, 1.807) is 45.3 Å². The molecule has 0 aromatic heterocycles. The summed E-state index contributed by atoms with van der Waals surface area (Å²) in [6, 6.07) is 18.4. The van der Waals surface area contributed by atoms with Gasteiger partial charge in [-0.1, -0.05) is 36.4 Å². The van der Waals surface area contributed by atoms with Crippen LogP contribution in [0, 0.1) is 13.8 Å². The third kappa shape index (κ3) is 6.60. The molecule has 0 aliphatic heterocycles. The molecule has 0 radical (unpaired) electrons. The number of carbonyl (C=O) groups is 2. The second-order valence-electron chi connectivity index (χ2n) is 8.09. The highest BCUT2D eigenvalue weighted by atomic mass is 32.2. The van der Waals surface area contributed by atoms with Crippen molar-refractivity contribution in [3.8, 4) is 5.75 Å². The average molecular weight is 497 g/mol. The number of rotatable bonds is 9. The summed E-state index contributed by atoms with van der Waals surface area (Å²) < 4.78 is 38.7. The first kappa shape index (κ1) is 25.8. The van der Waals surface area contributed by atoms with E-state index in [1.807, 2.05) is 31.2 Å². The van der Waals surface area contributed by atoms with Gasteiger partial charge in [0, 0.05) is 24.8 Å². The van der Waals surface area contributed by atoms with Gasteiger partial charge in [-0.2, -0.15) is 0 Å². The van der Waals surface area contributed by atoms with Crippen LogP contribution in [-0.2, 0) is 26.1 Å². The van der Waals surface area contributed by atoms with Gasteiger partial charge in [0.25, 0.3) is 15.9 Å². The number of hydrogen-bond acceptors (Lipinski definition) is 6. The van der Waals surface area contributed by atoms with Gasteiger partial charge in [-0.15, -0.1) is 0 Å². The molecular formula is C26H28N2O6S. The summed E-state index contributed by atoms with van der Waals surface area (Å²) >= 11 is 0. The first-order valence-electron chi connectivity index (χ1n) is 10.8. The maximum absolute atomic E-state index is 12.8. The number of benzene rings is 3. The number of amides is 1. The highest BCUT2D eigenvalue weighted by Gasteiger charge is 2.21. The fourth-order valence-corrected chi connectivity index (χ4v) is 4.48. The fraction of sp³-hybridized carbons (Fsp3) is 0.231. The van der Waals surface area contributed by atoms with Crippen LogP contribution in [0.2, 0.25) is 0 Å². The molecule has 1 amide bonds. The molecular weight excluding hydrogens is 468 g/mol. The summed E-state index contributed by atoms with van der Waals surface area (Å²) in [7, 11) is -0.787. The van der Waals surface area contributed by atoms with Crippen molar-refractivity contribution in [3.63, 3.8) is 0 Å². The number of likely N-dealkylation sites (N-methyl/N-ethyl adjacent to an activating group) is 1. The van der Waals surface area contributed by atoms with Gasteiger partial charge in [-0.05, 0) is 55.3 Å². The molecule has 0 atom stereocenters. The number of carbonyl (C=O) groups excluding carboxylic acids is 2. The Hall–Kier alpha value is -3.85. The summed E-state index contributed by atoms with van der Waals surface area (Å²) in [5, 5.41) is 0. The molecule has 0 fully saturated rings. The number of nitrogens with one attached hydrogen (secondary N) is 1. The first-order valence-corrected chi connectivity index (χ1v) is 12.3. The van der Waals surface area contributed by atoms with Gasteiger partial charge in [-0.25, -0.2) is 13.2 Å². The van der Waals surface area contributed by atoms with Crippen molar-refractivity contribution in [2.24, 2.45) is 0 Å². The number of methoxy groups -OCH3 is 1. The fourth-order valence-electron chi connectivity index (χ4n) is 3.40. The molecule has 0 heterocycles. The third-order valence-electron chi connectivity index (χ3n) is 5.36. The van der Waals surface area contributed by atoms with Gasteiger partial charge in [0.2, 0.25) is 0 Å². The molecule has 1 N–H and O–H groups in total. The zero-order valence-corrected chi connectivity index (χ0v) is 20.9. The molecule has 0 saturated carbocycles. The summed E-state index contributed by atoms with van der Waals surface area (Å²) in [4.78, 5) is 26.6. The van der Waals surface area contributed by atoms with Gasteiger partial charge in [0.05, 0.1) is 17.6 Å². The van der Waals surface area contributed by atoms with Crippen LogP contribution in [-0.4, -0.2) is 46.0 Å². The van der Waals surface area contributed by atoms with Crippen LogP contribution in [0.5, 0.6) is 5.75 Å². The molecule has 0 spiro atoms. The summed E-state index contributed by atoms with van der Waals surface area (Å²) in [5.41, 5.74) is 2.72. The highest BCUT2D eigenvalue weighted by molar-refractivity contribution is 7.92. The molecule has 0 unspecified atom stereocenters. The number of esters is 1. The summed E-state index contributed by atoms with van der Waals surface area (Å²) in [6.07, 6.45) is 0. The smallest absolute Gasteiger partial charge is 0.338 e. The Labute approximate surface area is 205 Å². The largest absolute Gasteiger partial charge is 0.496 e. The minimum absolute atomic E-state index is 0.0669. The Morgan fingerprint density at radius 1 is 0.971 bits per heavy atom. The van der Waals surface area contributed by atoms with E-state index in [2.05, 4.69) is 4.72 Å². The predicted octanol–water partition coefficient (Wildman–Crippen LogP) is 3.93. The number of para-hydroxylation sites is 1. The molecule has 8 nitrogen and oxygen atoms in total. The molecule has 9 heteroatoms. The maximum atomic E-state index is 12.8. The molecule has 0 bridgehead atoms. The molecule has 35 heavy (non-hydrogen) atoms. The molecule has 0 aliphatic rings. The first-order chi connectivity index (χ1) is 16.6. The zero-order valence-electron chi connectivity index (χ0n) is 20.1. The highest BCUT2D eigenvalue weighted by Crippen LogP contribution is 2.21. The summed E-state index contributed by atoms with van der Waals surface area (Å²) in [5.74, 6) is -0.544. The number of ether oxygens (including phenoxy) is 2. The molecule has 3 aromatic carbocycles. The van der Waals surface area contributed by atoms with Crippen LogP contribution in [0.3, 0.4) is 0 Å². The molecule has 0 saturated heterocycles. The second-order valence-corrected chi connectivity index (χ2v) is 9.77. The van der Waals surface area contributed by atoms with Crippen LogP contribution < -0.4 is 9.46 Å². The van der Waals surface area contributed by atoms with E-state index in [4.69, 9.17) is 9.47 Å².